The number of hydrogen-bond donors (Lipinski definition) is 2. The van der Waals surface area contributed by atoms with Gasteiger partial charge in [-0.15, -0.1) is 0 Å². The predicted octanol–water partition coefficient (Wildman–Crippen LogP) is 4.77. The lowest BCUT2D eigenvalue weighted by molar-refractivity contribution is 0.0919. The van der Waals surface area contributed by atoms with Crippen molar-refractivity contribution in [1.29, 1.82) is 0 Å². The Kier molecular flexibility index (Phi) is 5.52. The first kappa shape index (κ1) is 18.3. The normalized spacial score (nSPS) is 11.0. The average Bonchev–Trinajstić information content (AvgIpc) is 2.45. The van der Waals surface area contributed by atoms with Gasteiger partial charge in [0, 0.05) is 21.8 Å². The van der Waals surface area contributed by atoms with E-state index in [4.69, 9.17) is 23.2 Å². The van der Waals surface area contributed by atoms with Gasteiger partial charge in [-0.05, 0) is 63.2 Å². The van der Waals surface area contributed by atoms with Crippen LogP contribution in [-0.4, -0.2) is 17.4 Å². The lowest BCUT2D eigenvalue weighted by Gasteiger charge is -2.20. The molecule has 0 atom stereocenters. The van der Waals surface area contributed by atoms with E-state index in [9.17, 15) is 9.59 Å². The molecule has 0 heterocycles. The third-order valence-corrected chi connectivity index (χ3v) is 3.62. The topological polar surface area (TPSA) is 58.2 Å². The van der Waals surface area contributed by atoms with E-state index in [1.165, 1.54) is 6.07 Å². The quantitative estimate of drug-likeness (QED) is 0.823. The molecule has 6 heteroatoms. The highest BCUT2D eigenvalue weighted by molar-refractivity contribution is 6.37. The van der Waals surface area contributed by atoms with Crippen molar-refractivity contribution in [3.8, 4) is 0 Å². The van der Waals surface area contributed by atoms with Gasteiger partial charge in [-0.1, -0.05) is 23.2 Å². The molecule has 0 aliphatic carbocycles. The van der Waals surface area contributed by atoms with Crippen LogP contribution in [0.1, 0.15) is 41.5 Å². The van der Waals surface area contributed by atoms with E-state index in [0.29, 0.717) is 21.8 Å². The van der Waals surface area contributed by atoms with Gasteiger partial charge in [0.25, 0.3) is 11.8 Å². The van der Waals surface area contributed by atoms with Gasteiger partial charge in [0.1, 0.15) is 0 Å². The van der Waals surface area contributed by atoms with Gasteiger partial charge in [-0.25, -0.2) is 0 Å². The van der Waals surface area contributed by atoms with Crippen LogP contribution in [0.2, 0.25) is 10.0 Å². The molecule has 0 saturated heterocycles. The van der Waals surface area contributed by atoms with Crippen molar-refractivity contribution in [2.45, 2.75) is 26.3 Å². The van der Waals surface area contributed by atoms with Crippen LogP contribution < -0.4 is 10.6 Å². The molecule has 4 nitrogen and oxygen atoms in total. The Morgan fingerprint density at radius 2 is 1.54 bits per heavy atom. The molecule has 2 rings (SSSR count). The van der Waals surface area contributed by atoms with E-state index in [1.807, 2.05) is 20.8 Å². The Morgan fingerprint density at radius 3 is 2.08 bits per heavy atom. The summed E-state index contributed by atoms with van der Waals surface area (Å²) in [7, 11) is 0. The van der Waals surface area contributed by atoms with Crippen molar-refractivity contribution < 1.29 is 9.59 Å². The number of nitrogens with one attached hydrogen (secondary N) is 2. The molecular formula is C18H18Cl2N2O2. The Morgan fingerprint density at radius 1 is 0.917 bits per heavy atom. The second-order valence-corrected chi connectivity index (χ2v) is 7.20. The fourth-order valence-electron chi connectivity index (χ4n) is 1.99. The highest BCUT2D eigenvalue weighted by atomic mass is 35.5. The Balaban J connectivity index is 2.08. The first-order valence-electron chi connectivity index (χ1n) is 7.35. The third-order valence-electron chi connectivity index (χ3n) is 3.07. The van der Waals surface area contributed by atoms with Crippen LogP contribution in [0.3, 0.4) is 0 Å². The maximum Gasteiger partial charge on any atom is 0.257 e. The summed E-state index contributed by atoms with van der Waals surface area (Å²) in [5.41, 5.74) is 1.11. The van der Waals surface area contributed by atoms with Crippen LogP contribution in [-0.2, 0) is 0 Å². The number of halogens is 2. The molecule has 0 aliphatic rings. The number of carbonyl (C=O) groups excluding carboxylic acids is 2. The van der Waals surface area contributed by atoms with Crippen LogP contribution in [0.5, 0.6) is 0 Å². The van der Waals surface area contributed by atoms with Crippen molar-refractivity contribution in [3.05, 3.63) is 63.6 Å². The molecule has 2 N–H and O–H groups in total. The van der Waals surface area contributed by atoms with Gasteiger partial charge < -0.3 is 10.6 Å². The summed E-state index contributed by atoms with van der Waals surface area (Å²) in [6, 6.07) is 11.3. The average molecular weight is 365 g/mol. The number of amides is 2. The molecule has 2 aromatic rings. The molecule has 0 aliphatic heterocycles. The van der Waals surface area contributed by atoms with E-state index in [0.717, 1.165) is 0 Å². The SMILES string of the molecule is CC(C)(C)NC(=O)c1ccc(NC(=O)c2ccc(Cl)cc2Cl)cc1. The van der Waals surface area contributed by atoms with Gasteiger partial charge in [0.2, 0.25) is 0 Å². The zero-order valence-corrected chi connectivity index (χ0v) is 15.1. The molecule has 126 valence electrons. The van der Waals surface area contributed by atoms with Crippen LogP contribution in [0.15, 0.2) is 42.5 Å². The van der Waals surface area contributed by atoms with Crippen LogP contribution in [0.4, 0.5) is 5.69 Å². The predicted molar refractivity (Wildman–Crippen MR) is 98.1 cm³/mol. The van der Waals surface area contributed by atoms with Crippen molar-refractivity contribution in [2.75, 3.05) is 5.32 Å². The number of hydrogen-bond acceptors (Lipinski definition) is 2. The molecule has 0 spiro atoms. The molecule has 0 aromatic heterocycles. The first-order valence-corrected chi connectivity index (χ1v) is 8.10. The maximum absolute atomic E-state index is 12.2. The summed E-state index contributed by atoms with van der Waals surface area (Å²) in [6.07, 6.45) is 0. The second-order valence-electron chi connectivity index (χ2n) is 6.36. The van der Waals surface area contributed by atoms with Crippen LogP contribution >= 0.6 is 23.2 Å². The first-order chi connectivity index (χ1) is 11.2. The fraction of sp³-hybridized carbons (Fsp3) is 0.222. The minimum absolute atomic E-state index is 0.166. The molecule has 24 heavy (non-hydrogen) atoms. The Hall–Kier alpha value is -2.04. The number of benzene rings is 2. The van der Waals surface area contributed by atoms with Crippen LogP contribution in [0.25, 0.3) is 0 Å². The highest BCUT2D eigenvalue weighted by Gasteiger charge is 2.15. The third kappa shape index (κ3) is 4.98. The van der Waals surface area contributed by atoms with Crippen molar-refractivity contribution in [3.63, 3.8) is 0 Å². The largest absolute Gasteiger partial charge is 0.347 e. The minimum atomic E-state index is -0.344. The van der Waals surface area contributed by atoms with E-state index >= 15 is 0 Å². The summed E-state index contributed by atoms with van der Waals surface area (Å²) in [4.78, 5) is 24.3. The fourth-order valence-corrected chi connectivity index (χ4v) is 2.48. The van der Waals surface area contributed by atoms with Crippen LogP contribution in [0, 0.1) is 0 Å². The summed E-state index contributed by atoms with van der Waals surface area (Å²) in [5, 5.41) is 6.36. The van der Waals surface area contributed by atoms with E-state index in [1.54, 1.807) is 36.4 Å². The summed E-state index contributed by atoms with van der Waals surface area (Å²) in [6.45, 7) is 5.74. The zero-order valence-electron chi connectivity index (χ0n) is 13.6. The van der Waals surface area contributed by atoms with Crippen molar-refractivity contribution >= 4 is 40.7 Å². The molecular weight excluding hydrogens is 347 g/mol. The summed E-state index contributed by atoms with van der Waals surface area (Å²) < 4.78 is 0. The molecule has 0 fully saturated rings. The lowest BCUT2D eigenvalue weighted by Crippen LogP contribution is -2.40. The molecule has 0 radical (unpaired) electrons. The molecule has 2 amide bonds. The second kappa shape index (κ2) is 7.24. The Bertz CT molecular complexity index is 766. The number of rotatable bonds is 3. The Labute approximate surface area is 151 Å². The number of anilines is 1. The van der Waals surface area contributed by atoms with Gasteiger partial charge in [0.15, 0.2) is 0 Å². The van der Waals surface area contributed by atoms with Gasteiger partial charge in [-0.2, -0.15) is 0 Å². The van der Waals surface area contributed by atoms with E-state index in [-0.39, 0.29) is 22.4 Å². The van der Waals surface area contributed by atoms with Gasteiger partial charge in [0.05, 0.1) is 10.6 Å². The van der Waals surface area contributed by atoms with Gasteiger partial charge >= 0.3 is 0 Å². The van der Waals surface area contributed by atoms with E-state index < -0.39 is 0 Å². The smallest absolute Gasteiger partial charge is 0.257 e. The maximum atomic E-state index is 12.2. The monoisotopic (exact) mass is 364 g/mol. The van der Waals surface area contributed by atoms with Crippen molar-refractivity contribution in [2.24, 2.45) is 0 Å². The number of carbonyl (C=O) groups is 2. The lowest BCUT2D eigenvalue weighted by atomic mass is 10.1. The molecule has 0 saturated carbocycles. The molecule has 0 unspecified atom stereocenters. The zero-order chi connectivity index (χ0) is 17.9. The summed E-state index contributed by atoms with van der Waals surface area (Å²) >= 11 is 11.8. The van der Waals surface area contributed by atoms with Crippen molar-refractivity contribution in [1.82, 2.24) is 5.32 Å². The van der Waals surface area contributed by atoms with E-state index in [2.05, 4.69) is 10.6 Å². The molecule has 2 aromatic carbocycles. The standard InChI is InChI=1S/C18H18Cl2N2O2/c1-18(2,3)22-16(23)11-4-7-13(8-5-11)21-17(24)14-9-6-12(19)10-15(14)20/h4-10H,1-3H3,(H,21,24)(H,22,23). The minimum Gasteiger partial charge on any atom is -0.347 e. The highest BCUT2D eigenvalue weighted by Crippen LogP contribution is 2.22. The summed E-state index contributed by atoms with van der Waals surface area (Å²) in [5.74, 6) is -0.510. The molecule has 0 bridgehead atoms. The van der Waals surface area contributed by atoms with Gasteiger partial charge in [-0.3, -0.25) is 9.59 Å².